The highest BCUT2D eigenvalue weighted by Gasteiger charge is 2.14. The first kappa shape index (κ1) is 20.8. The van der Waals surface area contributed by atoms with Crippen LogP contribution in [0.2, 0.25) is 0 Å². The molecule has 6 heteroatoms. The van der Waals surface area contributed by atoms with Crippen LogP contribution in [0.4, 0.5) is 0 Å². The van der Waals surface area contributed by atoms with E-state index in [2.05, 4.69) is 15.9 Å². The van der Waals surface area contributed by atoms with Crippen molar-refractivity contribution in [1.82, 2.24) is 9.78 Å². The van der Waals surface area contributed by atoms with Gasteiger partial charge in [0.1, 0.15) is 11.1 Å². The molecule has 0 radical (unpaired) electrons. The van der Waals surface area contributed by atoms with Gasteiger partial charge in [-0.3, -0.25) is 4.79 Å². The van der Waals surface area contributed by atoms with Crippen molar-refractivity contribution in [3.63, 3.8) is 0 Å². The lowest BCUT2D eigenvalue weighted by Crippen LogP contribution is -2.11. The van der Waals surface area contributed by atoms with Gasteiger partial charge in [0.25, 0.3) is 0 Å². The molecule has 0 atom stereocenters. The Morgan fingerprint density at radius 2 is 1.67 bits per heavy atom. The number of ketones is 1. The van der Waals surface area contributed by atoms with Gasteiger partial charge in [0.15, 0.2) is 5.78 Å². The lowest BCUT2D eigenvalue weighted by Gasteiger charge is -2.01. The van der Waals surface area contributed by atoms with E-state index in [9.17, 15) is 9.59 Å². The molecule has 0 saturated carbocycles. The normalized spacial score (nSPS) is 11.3. The quantitative estimate of drug-likeness (QED) is 0.162. The van der Waals surface area contributed by atoms with Gasteiger partial charge in [0, 0.05) is 27.2 Å². The van der Waals surface area contributed by atoms with Gasteiger partial charge in [-0.25, -0.2) is 9.48 Å². The SMILES string of the molecule is O=C(/C=C/c1cn(-c2ccccc2)nc1-c1ccc(Br)cc1)c1cc2ccccc2oc1=O. The number of fused-ring (bicyclic) bond motifs is 1. The van der Waals surface area contributed by atoms with Gasteiger partial charge in [0.2, 0.25) is 0 Å². The Labute approximate surface area is 197 Å². The molecule has 0 fully saturated rings. The third-order valence-electron chi connectivity index (χ3n) is 5.20. The molecule has 5 aromatic rings. The largest absolute Gasteiger partial charge is 0.422 e. The summed E-state index contributed by atoms with van der Waals surface area (Å²) in [4.78, 5) is 25.2. The number of carbonyl (C=O) groups excluding carboxylic acids is 1. The van der Waals surface area contributed by atoms with Crippen molar-refractivity contribution < 1.29 is 9.21 Å². The van der Waals surface area contributed by atoms with Crippen LogP contribution in [0.15, 0.2) is 111 Å². The van der Waals surface area contributed by atoms with Gasteiger partial charge in [-0.05, 0) is 48.6 Å². The summed E-state index contributed by atoms with van der Waals surface area (Å²) in [6.45, 7) is 0. The fraction of sp³-hybridized carbons (Fsp3) is 0. The van der Waals surface area contributed by atoms with Gasteiger partial charge >= 0.3 is 5.63 Å². The van der Waals surface area contributed by atoms with Crippen LogP contribution in [0.1, 0.15) is 15.9 Å². The second-order valence-electron chi connectivity index (χ2n) is 7.40. The molecule has 0 N–H and O–H groups in total. The van der Waals surface area contributed by atoms with Crippen LogP contribution < -0.4 is 5.63 Å². The summed E-state index contributed by atoms with van der Waals surface area (Å²) in [7, 11) is 0. The summed E-state index contributed by atoms with van der Waals surface area (Å²) in [5.41, 5.74) is 3.06. The first-order chi connectivity index (χ1) is 16.1. The van der Waals surface area contributed by atoms with E-state index in [1.54, 1.807) is 35.0 Å². The zero-order valence-electron chi connectivity index (χ0n) is 17.3. The second-order valence-corrected chi connectivity index (χ2v) is 8.32. The minimum atomic E-state index is -0.656. The molecule has 5 rings (SSSR count). The molecule has 0 aliphatic heterocycles. The van der Waals surface area contributed by atoms with E-state index < -0.39 is 11.4 Å². The molecule has 0 saturated heterocycles. The van der Waals surface area contributed by atoms with Gasteiger partial charge in [0.05, 0.1) is 11.4 Å². The molecule has 0 aliphatic rings. The molecular formula is C27H17BrN2O3. The Hall–Kier alpha value is -4.03. The lowest BCUT2D eigenvalue weighted by molar-refractivity contribution is 0.104. The topological polar surface area (TPSA) is 65.1 Å². The Morgan fingerprint density at radius 1 is 0.939 bits per heavy atom. The van der Waals surface area contributed by atoms with Crippen molar-refractivity contribution in [2.75, 3.05) is 0 Å². The summed E-state index contributed by atoms with van der Waals surface area (Å²) < 4.78 is 8.03. The smallest absolute Gasteiger partial charge is 0.347 e. The Kier molecular flexibility index (Phi) is 5.59. The number of hydrogen-bond acceptors (Lipinski definition) is 4. The number of allylic oxidation sites excluding steroid dienone is 1. The number of carbonyl (C=O) groups is 1. The molecular weight excluding hydrogens is 480 g/mol. The van der Waals surface area contributed by atoms with Crippen LogP contribution in [0.3, 0.4) is 0 Å². The van der Waals surface area contributed by atoms with E-state index >= 15 is 0 Å². The molecule has 33 heavy (non-hydrogen) atoms. The summed E-state index contributed by atoms with van der Waals surface area (Å²) in [6.07, 6.45) is 4.93. The summed E-state index contributed by atoms with van der Waals surface area (Å²) in [6, 6.07) is 26.2. The van der Waals surface area contributed by atoms with Gasteiger partial charge < -0.3 is 4.42 Å². The first-order valence-corrected chi connectivity index (χ1v) is 11.0. The minimum absolute atomic E-state index is 0.00871. The van der Waals surface area contributed by atoms with Crippen LogP contribution in [0.25, 0.3) is 34.0 Å². The maximum absolute atomic E-state index is 12.9. The number of benzene rings is 3. The van der Waals surface area contributed by atoms with E-state index in [0.29, 0.717) is 11.0 Å². The van der Waals surface area contributed by atoms with E-state index in [0.717, 1.165) is 27.0 Å². The summed E-state index contributed by atoms with van der Waals surface area (Å²) >= 11 is 3.46. The molecule has 3 aromatic carbocycles. The van der Waals surface area contributed by atoms with Gasteiger partial charge in [-0.1, -0.05) is 64.5 Å². The highest BCUT2D eigenvalue weighted by molar-refractivity contribution is 9.10. The van der Waals surface area contributed by atoms with Crippen molar-refractivity contribution >= 4 is 38.8 Å². The predicted molar refractivity (Wildman–Crippen MR) is 133 cm³/mol. The molecule has 0 spiro atoms. The van der Waals surface area contributed by atoms with Gasteiger partial charge in [-0.15, -0.1) is 0 Å². The van der Waals surface area contributed by atoms with E-state index in [1.807, 2.05) is 66.9 Å². The second kappa shape index (κ2) is 8.84. The number of nitrogens with zero attached hydrogens (tertiary/aromatic N) is 2. The number of para-hydroxylation sites is 2. The molecule has 0 amide bonds. The maximum Gasteiger partial charge on any atom is 0.347 e. The van der Waals surface area contributed by atoms with Crippen molar-refractivity contribution in [1.29, 1.82) is 0 Å². The van der Waals surface area contributed by atoms with Gasteiger partial charge in [-0.2, -0.15) is 5.10 Å². The zero-order chi connectivity index (χ0) is 22.8. The van der Waals surface area contributed by atoms with Crippen LogP contribution in [-0.4, -0.2) is 15.6 Å². The van der Waals surface area contributed by atoms with E-state index in [1.165, 1.54) is 6.08 Å². The number of rotatable bonds is 5. The highest BCUT2D eigenvalue weighted by Crippen LogP contribution is 2.26. The fourth-order valence-corrected chi connectivity index (χ4v) is 3.81. The Bertz CT molecular complexity index is 1550. The van der Waals surface area contributed by atoms with Crippen molar-refractivity contribution in [2.45, 2.75) is 0 Å². The number of hydrogen-bond donors (Lipinski definition) is 0. The average Bonchev–Trinajstić information content (AvgIpc) is 3.27. The van der Waals surface area contributed by atoms with E-state index in [4.69, 9.17) is 9.52 Å². The number of aromatic nitrogens is 2. The molecule has 0 aliphatic carbocycles. The fourth-order valence-electron chi connectivity index (χ4n) is 3.54. The highest BCUT2D eigenvalue weighted by atomic mass is 79.9. The maximum atomic E-state index is 12.9. The average molecular weight is 497 g/mol. The first-order valence-electron chi connectivity index (χ1n) is 10.2. The van der Waals surface area contributed by atoms with Crippen LogP contribution in [-0.2, 0) is 0 Å². The third-order valence-corrected chi connectivity index (χ3v) is 5.73. The predicted octanol–water partition coefficient (Wildman–Crippen LogP) is 6.30. The Morgan fingerprint density at radius 3 is 2.45 bits per heavy atom. The Balaban J connectivity index is 1.55. The summed E-state index contributed by atoms with van der Waals surface area (Å²) in [5, 5.41) is 5.44. The lowest BCUT2D eigenvalue weighted by atomic mass is 10.1. The third kappa shape index (κ3) is 4.33. The number of halogens is 1. The van der Waals surface area contributed by atoms with E-state index in [-0.39, 0.29) is 5.56 Å². The van der Waals surface area contributed by atoms with Crippen LogP contribution in [0, 0.1) is 0 Å². The monoisotopic (exact) mass is 496 g/mol. The molecule has 2 aromatic heterocycles. The zero-order valence-corrected chi connectivity index (χ0v) is 18.9. The minimum Gasteiger partial charge on any atom is -0.422 e. The van der Waals surface area contributed by atoms with Crippen molar-refractivity contribution in [2.24, 2.45) is 0 Å². The molecule has 5 nitrogen and oxygen atoms in total. The van der Waals surface area contributed by atoms with Crippen molar-refractivity contribution in [3.8, 4) is 16.9 Å². The van der Waals surface area contributed by atoms with Crippen LogP contribution in [0.5, 0.6) is 0 Å². The summed E-state index contributed by atoms with van der Waals surface area (Å²) in [5.74, 6) is -0.427. The standard InChI is InChI=1S/C27H17BrN2O3/c28-21-13-10-18(11-14-21)26-20(17-30(29-26)22-7-2-1-3-8-22)12-15-24(31)23-16-19-6-4-5-9-25(19)33-27(23)32/h1-17H/b15-12+. The molecule has 2 heterocycles. The van der Waals surface area contributed by atoms with Crippen molar-refractivity contribution in [3.05, 3.63) is 123 Å². The molecule has 160 valence electrons. The molecule has 0 bridgehead atoms. The molecule has 0 unspecified atom stereocenters. The van der Waals surface area contributed by atoms with Crippen LogP contribution >= 0.6 is 15.9 Å².